The van der Waals surface area contributed by atoms with Gasteiger partial charge in [0.2, 0.25) is 0 Å². The van der Waals surface area contributed by atoms with Crippen molar-refractivity contribution in [2.24, 2.45) is 0 Å². The molecule has 0 aromatic heterocycles. The molecule has 1 saturated heterocycles. The van der Waals surface area contributed by atoms with Crippen LogP contribution in [0, 0.1) is 11.6 Å². The molecule has 2 fully saturated rings. The van der Waals surface area contributed by atoms with Gasteiger partial charge in [0.15, 0.2) is 0 Å². The summed E-state index contributed by atoms with van der Waals surface area (Å²) in [4.78, 5) is 27.5. The predicted molar refractivity (Wildman–Crippen MR) is 106 cm³/mol. The minimum atomic E-state index is -0.887. The van der Waals surface area contributed by atoms with Crippen LogP contribution in [0.1, 0.15) is 42.9 Å². The number of benzene rings is 2. The van der Waals surface area contributed by atoms with Gasteiger partial charge in [0.25, 0.3) is 11.7 Å². The number of likely N-dealkylation sites (tertiary alicyclic amines) is 1. The van der Waals surface area contributed by atoms with Gasteiger partial charge in [0.1, 0.15) is 23.1 Å². The Bertz CT molecular complexity index is 1030. The van der Waals surface area contributed by atoms with Crippen molar-refractivity contribution >= 4 is 17.4 Å². The Morgan fingerprint density at radius 3 is 2.30 bits per heavy atom. The molecule has 2 aliphatic rings. The molecule has 1 unspecified atom stereocenters. The van der Waals surface area contributed by atoms with Gasteiger partial charge in [-0.3, -0.25) is 9.59 Å². The van der Waals surface area contributed by atoms with E-state index in [9.17, 15) is 23.5 Å². The molecule has 2 aromatic rings. The van der Waals surface area contributed by atoms with Crippen LogP contribution in [0.15, 0.2) is 48.0 Å². The van der Waals surface area contributed by atoms with Gasteiger partial charge in [-0.2, -0.15) is 0 Å². The number of carbonyl (C=O) groups is 2. The molecule has 1 saturated carbocycles. The summed E-state index contributed by atoms with van der Waals surface area (Å²) >= 11 is 0. The highest BCUT2D eigenvalue weighted by Crippen LogP contribution is 2.44. The number of hydrogen-bond donors (Lipinski definition) is 1. The molecular formula is C23H21F2NO4. The molecule has 2 aromatic carbocycles. The van der Waals surface area contributed by atoms with Gasteiger partial charge < -0.3 is 14.7 Å². The van der Waals surface area contributed by atoms with Gasteiger partial charge in [-0.15, -0.1) is 0 Å². The Morgan fingerprint density at radius 2 is 1.67 bits per heavy atom. The lowest BCUT2D eigenvalue weighted by molar-refractivity contribution is -0.141. The van der Waals surface area contributed by atoms with Gasteiger partial charge in [-0.05, 0) is 48.7 Å². The summed E-state index contributed by atoms with van der Waals surface area (Å²) in [5, 5.41) is 11.1. The van der Waals surface area contributed by atoms with Gasteiger partial charge in [0.05, 0.1) is 24.3 Å². The largest absolute Gasteiger partial charge is 0.507 e. The summed E-state index contributed by atoms with van der Waals surface area (Å²) in [5.41, 5.74) is 0.330. The van der Waals surface area contributed by atoms with E-state index in [1.54, 1.807) is 0 Å². The van der Waals surface area contributed by atoms with E-state index in [1.807, 2.05) is 0 Å². The maximum atomic E-state index is 13.9. The number of amides is 1. The van der Waals surface area contributed by atoms with Gasteiger partial charge in [-0.1, -0.05) is 25.0 Å². The first-order valence-electron chi connectivity index (χ1n) is 9.82. The zero-order valence-electron chi connectivity index (χ0n) is 16.4. The normalized spacial score (nSPS) is 21.4. The number of aliphatic hydroxyl groups is 1. The molecular weight excluding hydrogens is 392 g/mol. The molecule has 1 aliphatic heterocycles. The molecule has 5 nitrogen and oxygen atoms in total. The first kappa shape index (κ1) is 20.1. The number of methoxy groups -OCH3 is 1. The van der Waals surface area contributed by atoms with Crippen molar-refractivity contribution < 1.29 is 28.2 Å². The number of hydrogen-bond acceptors (Lipinski definition) is 4. The molecule has 1 N–H and O–H groups in total. The third-order valence-corrected chi connectivity index (χ3v) is 5.80. The maximum absolute atomic E-state index is 13.9. The topological polar surface area (TPSA) is 66.8 Å². The Morgan fingerprint density at radius 1 is 1.03 bits per heavy atom. The Labute approximate surface area is 172 Å². The van der Waals surface area contributed by atoms with Crippen molar-refractivity contribution in [3.8, 4) is 5.75 Å². The number of halogens is 2. The predicted octanol–water partition coefficient (Wildman–Crippen LogP) is 4.34. The van der Waals surface area contributed by atoms with E-state index in [0.717, 1.165) is 31.7 Å². The van der Waals surface area contributed by atoms with Crippen LogP contribution in [0.2, 0.25) is 0 Å². The fourth-order valence-corrected chi connectivity index (χ4v) is 4.39. The van der Waals surface area contributed by atoms with Crippen molar-refractivity contribution in [2.45, 2.75) is 37.8 Å². The molecule has 30 heavy (non-hydrogen) atoms. The van der Waals surface area contributed by atoms with Gasteiger partial charge in [0, 0.05) is 6.04 Å². The van der Waals surface area contributed by atoms with E-state index in [-0.39, 0.29) is 22.9 Å². The molecule has 0 radical (unpaired) electrons. The van der Waals surface area contributed by atoms with E-state index in [4.69, 9.17) is 4.74 Å². The van der Waals surface area contributed by atoms with Gasteiger partial charge in [-0.25, -0.2) is 8.78 Å². The number of ketones is 1. The molecule has 7 heteroatoms. The quantitative estimate of drug-likeness (QED) is 0.460. The number of nitrogens with zero attached hydrogens (tertiary/aromatic N) is 1. The number of Topliss-reactive ketones (excluding diaryl/α,β-unsaturated/α-hetero) is 1. The van der Waals surface area contributed by atoms with Crippen molar-refractivity contribution in [2.75, 3.05) is 7.11 Å². The van der Waals surface area contributed by atoms with Crippen LogP contribution in [-0.2, 0) is 9.59 Å². The Kier molecular flexibility index (Phi) is 5.28. The smallest absolute Gasteiger partial charge is 0.295 e. The molecule has 0 spiro atoms. The third kappa shape index (κ3) is 3.34. The summed E-state index contributed by atoms with van der Waals surface area (Å²) < 4.78 is 32.6. The third-order valence-electron chi connectivity index (χ3n) is 5.80. The summed E-state index contributed by atoms with van der Waals surface area (Å²) in [6.45, 7) is 0. The lowest BCUT2D eigenvalue weighted by Crippen LogP contribution is -2.37. The van der Waals surface area contributed by atoms with E-state index < -0.39 is 35.1 Å². The van der Waals surface area contributed by atoms with Crippen LogP contribution >= 0.6 is 0 Å². The second kappa shape index (κ2) is 7.89. The average Bonchev–Trinajstić information content (AvgIpc) is 3.35. The number of rotatable bonds is 4. The van der Waals surface area contributed by atoms with Gasteiger partial charge >= 0.3 is 0 Å². The van der Waals surface area contributed by atoms with E-state index in [1.165, 1.54) is 48.4 Å². The SMILES string of the molecule is COc1ccc(F)cc1/C(O)=C1\C(=O)C(=O)N(C2CCCC2)C1c1ccc(F)cc1. The standard InChI is InChI=1S/C23H21F2NO4/c1-30-18-11-10-15(25)12-17(18)21(27)19-20(13-6-8-14(24)9-7-13)26(23(29)22(19)28)16-4-2-3-5-16/h6-12,16,20,27H,2-5H2,1H3/b21-19+. The molecule has 4 rings (SSSR count). The summed E-state index contributed by atoms with van der Waals surface area (Å²) in [6.07, 6.45) is 3.35. The number of aliphatic hydroxyl groups excluding tert-OH is 1. The first-order chi connectivity index (χ1) is 14.4. The Balaban J connectivity index is 1.92. The van der Waals surface area contributed by atoms with E-state index in [0.29, 0.717) is 5.56 Å². The van der Waals surface area contributed by atoms with Crippen LogP contribution in [0.5, 0.6) is 5.75 Å². The minimum Gasteiger partial charge on any atom is -0.507 e. The van der Waals surface area contributed by atoms with Crippen molar-refractivity contribution in [1.29, 1.82) is 0 Å². The minimum absolute atomic E-state index is 0.0194. The zero-order chi connectivity index (χ0) is 21.4. The highest BCUT2D eigenvalue weighted by molar-refractivity contribution is 6.46. The van der Waals surface area contributed by atoms with Crippen molar-refractivity contribution in [3.63, 3.8) is 0 Å². The van der Waals surface area contributed by atoms with Crippen molar-refractivity contribution in [1.82, 2.24) is 4.90 Å². The first-order valence-corrected chi connectivity index (χ1v) is 9.82. The highest BCUT2D eigenvalue weighted by Gasteiger charge is 2.49. The maximum Gasteiger partial charge on any atom is 0.295 e. The van der Waals surface area contributed by atoms with Crippen LogP contribution in [-0.4, -0.2) is 34.8 Å². The van der Waals surface area contributed by atoms with Crippen LogP contribution in [0.25, 0.3) is 5.76 Å². The molecule has 1 amide bonds. The fraction of sp³-hybridized carbons (Fsp3) is 0.304. The zero-order valence-corrected chi connectivity index (χ0v) is 16.4. The molecule has 156 valence electrons. The number of ether oxygens (including phenoxy) is 1. The second-order valence-corrected chi connectivity index (χ2v) is 7.54. The van der Waals surface area contributed by atoms with Crippen LogP contribution in [0.3, 0.4) is 0 Å². The van der Waals surface area contributed by atoms with Crippen molar-refractivity contribution in [3.05, 3.63) is 70.8 Å². The lowest BCUT2D eigenvalue weighted by Gasteiger charge is -2.30. The fourth-order valence-electron chi connectivity index (χ4n) is 4.39. The Hall–Kier alpha value is -3.22. The average molecular weight is 413 g/mol. The summed E-state index contributed by atoms with van der Waals surface area (Å²) in [6, 6.07) is 7.99. The monoisotopic (exact) mass is 413 g/mol. The highest BCUT2D eigenvalue weighted by atomic mass is 19.1. The molecule has 1 aliphatic carbocycles. The van der Waals surface area contributed by atoms with Crippen LogP contribution in [0.4, 0.5) is 8.78 Å². The molecule has 1 heterocycles. The lowest BCUT2D eigenvalue weighted by atomic mass is 9.94. The summed E-state index contributed by atoms with van der Waals surface area (Å²) in [7, 11) is 1.36. The number of carbonyl (C=O) groups excluding carboxylic acids is 2. The van der Waals surface area contributed by atoms with E-state index >= 15 is 0 Å². The second-order valence-electron chi connectivity index (χ2n) is 7.54. The van der Waals surface area contributed by atoms with Crippen LogP contribution < -0.4 is 4.74 Å². The summed E-state index contributed by atoms with van der Waals surface area (Å²) in [5.74, 6) is -2.99. The molecule has 0 bridgehead atoms. The van der Waals surface area contributed by atoms with E-state index in [2.05, 4.69) is 0 Å². The molecule has 1 atom stereocenters.